The molecule has 3 heterocycles. The molecular weight excluding hydrogens is 320 g/mol. The molecule has 7 heteroatoms. The highest BCUT2D eigenvalue weighted by atomic mass is 16.6. The summed E-state index contributed by atoms with van der Waals surface area (Å²) in [5, 5.41) is 7.31. The highest BCUT2D eigenvalue weighted by Gasteiger charge is 2.21. The molecule has 3 aromatic rings. The SMILES string of the molecule is Cc1cncc(-c2nc(CNc3ccccc3OC3COC3)no2)c1. The number of hydrogen-bond acceptors (Lipinski definition) is 7. The minimum absolute atomic E-state index is 0.119. The van der Waals surface area contributed by atoms with Gasteiger partial charge in [-0.05, 0) is 30.7 Å². The van der Waals surface area contributed by atoms with Gasteiger partial charge >= 0.3 is 0 Å². The van der Waals surface area contributed by atoms with Crippen LogP contribution in [-0.4, -0.2) is 34.4 Å². The number of aryl methyl sites for hydroxylation is 1. The Hall–Kier alpha value is -2.93. The first-order valence-electron chi connectivity index (χ1n) is 8.10. The summed E-state index contributed by atoms with van der Waals surface area (Å²) < 4.78 is 16.4. The number of aromatic nitrogens is 3. The first kappa shape index (κ1) is 15.6. The third-order valence-electron chi connectivity index (χ3n) is 3.82. The van der Waals surface area contributed by atoms with Crippen LogP contribution >= 0.6 is 0 Å². The lowest BCUT2D eigenvalue weighted by Gasteiger charge is -2.27. The van der Waals surface area contributed by atoms with Crippen molar-refractivity contribution in [2.75, 3.05) is 18.5 Å². The molecule has 128 valence electrons. The van der Waals surface area contributed by atoms with Crippen molar-refractivity contribution in [2.24, 2.45) is 0 Å². The summed E-state index contributed by atoms with van der Waals surface area (Å²) in [6.45, 7) is 3.67. The van der Waals surface area contributed by atoms with Crippen LogP contribution in [0.25, 0.3) is 11.5 Å². The van der Waals surface area contributed by atoms with E-state index in [0.29, 0.717) is 31.5 Å². The van der Waals surface area contributed by atoms with Gasteiger partial charge in [0.15, 0.2) is 5.82 Å². The van der Waals surface area contributed by atoms with Crippen molar-refractivity contribution in [3.63, 3.8) is 0 Å². The van der Waals surface area contributed by atoms with Crippen molar-refractivity contribution < 1.29 is 14.0 Å². The molecule has 1 N–H and O–H groups in total. The van der Waals surface area contributed by atoms with E-state index in [1.807, 2.05) is 37.3 Å². The van der Waals surface area contributed by atoms with E-state index >= 15 is 0 Å². The van der Waals surface area contributed by atoms with Crippen molar-refractivity contribution in [1.29, 1.82) is 0 Å². The average Bonchev–Trinajstić information content (AvgIpc) is 3.06. The molecule has 0 saturated carbocycles. The van der Waals surface area contributed by atoms with Crippen LogP contribution in [0, 0.1) is 6.92 Å². The number of ether oxygens (including phenoxy) is 2. The van der Waals surface area contributed by atoms with Crippen LogP contribution in [0.15, 0.2) is 47.2 Å². The van der Waals surface area contributed by atoms with E-state index < -0.39 is 0 Å². The number of rotatable bonds is 6. The summed E-state index contributed by atoms with van der Waals surface area (Å²) in [6, 6.07) is 9.74. The van der Waals surface area contributed by atoms with Gasteiger partial charge in [0.2, 0.25) is 0 Å². The number of benzene rings is 1. The van der Waals surface area contributed by atoms with Gasteiger partial charge in [0, 0.05) is 12.4 Å². The van der Waals surface area contributed by atoms with Gasteiger partial charge < -0.3 is 19.3 Å². The predicted octanol–water partition coefficient (Wildman–Crippen LogP) is 2.83. The lowest BCUT2D eigenvalue weighted by Crippen LogP contribution is -2.38. The van der Waals surface area contributed by atoms with Gasteiger partial charge in [0.25, 0.3) is 5.89 Å². The first-order valence-corrected chi connectivity index (χ1v) is 8.10. The van der Waals surface area contributed by atoms with Crippen LogP contribution in [0.5, 0.6) is 5.75 Å². The second kappa shape index (κ2) is 6.90. The number of nitrogens with zero attached hydrogens (tertiary/aromatic N) is 3. The number of anilines is 1. The minimum Gasteiger partial charge on any atom is -0.483 e. The third-order valence-corrected chi connectivity index (χ3v) is 3.82. The quantitative estimate of drug-likeness (QED) is 0.740. The molecule has 1 aromatic carbocycles. The maximum Gasteiger partial charge on any atom is 0.259 e. The Morgan fingerprint density at radius 1 is 1.24 bits per heavy atom. The summed E-state index contributed by atoms with van der Waals surface area (Å²) in [5.41, 5.74) is 2.74. The van der Waals surface area contributed by atoms with Crippen molar-refractivity contribution in [1.82, 2.24) is 15.1 Å². The Kier molecular flexibility index (Phi) is 4.30. The smallest absolute Gasteiger partial charge is 0.259 e. The largest absolute Gasteiger partial charge is 0.483 e. The molecular formula is C18H18N4O3. The normalized spacial score (nSPS) is 14.1. The molecule has 7 nitrogen and oxygen atoms in total. The molecule has 1 fully saturated rings. The molecule has 4 rings (SSSR count). The monoisotopic (exact) mass is 338 g/mol. The fourth-order valence-corrected chi connectivity index (χ4v) is 2.47. The summed E-state index contributed by atoms with van der Waals surface area (Å²) in [6.07, 6.45) is 3.61. The zero-order chi connectivity index (χ0) is 17.1. The molecule has 0 amide bonds. The predicted molar refractivity (Wildman–Crippen MR) is 91.3 cm³/mol. The second-order valence-corrected chi connectivity index (χ2v) is 5.89. The summed E-state index contributed by atoms with van der Waals surface area (Å²) in [7, 11) is 0. The number of nitrogens with one attached hydrogen (secondary N) is 1. The Balaban J connectivity index is 1.44. The first-order chi connectivity index (χ1) is 12.3. The van der Waals surface area contributed by atoms with Gasteiger partial charge in [-0.1, -0.05) is 17.3 Å². The van der Waals surface area contributed by atoms with E-state index in [0.717, 1.165) is 22.6 Å². The topological polar surface area (TPSA) is 82.3 Å². The molecule has 2 aromatic heterocycles. The number of pyridine rings is 1. The number of hydrogen-bond donors (Lipinski definition) is 1. The van der Waals surface area contributed by atoms with E-state index in [1.54, 1.807) is 12.4 Å². The molecule has 0 aliphatic carbocycles. The molecule has 1 saturated heterocycles. The summed E-state index contributed by atoms with van der Waals surface area (Å²) in [4.78, 5) is 8.56. The zero-order valence-electron chi connectivity index (χ0n) is 13.8. The minimum atomic E-state index is 0.119. The van der Waals surface area contributed by atoms with Crippen LogP contribution in [0.4, 0.5) is 5.69 Å². The van der Waals surface area contributed by atoms with Gasteiger partial charge in [-0.3, -0.25) is 4.98 Å². The van der Waals surface area contributed by atoms with Gasteiger partial charge in [-0.15, -0.1) is 0 Å². The van der Waals surface area contributed by atoms with Gasteiger partial charge in [0.1, 0.15) is 11.9 Å². The Morgan fingerprint density at radius 2 is 2.12 bits per heavy atom. The van der Waals surface area contributed by atoms with Crippen LogP contribution in [0.2, 0.25) is 0 Å². The lowest BCUT2D eigenvalue weighted by atomic mass is 10.2. The highest BCUT2D eigenvalue weighted by molar-refractivity contribution is 5.56. The van der Waals surface area contributed by atoms with E-state index in [9.17, 15) is 0 Å². The Morgan fingerprint density at radius 3 is 2.92 bits per heavy atom. The molecule has 0 bridgehead atoms. The van der Waals surface area contributed by atoms with Crippen LogP contribution < -0.4 is 10.1 Å². The molecule has 25 heavy (non-hydrogen) atoms. The fourth-order valence-electron chi connectivity index (χ4n) is 2.47. The molecule has 0 unspecified atom stereocenters. The van der Waals surface area contributed by atoms with E-state index in [1.165, 1.54) is 0 Å². The van der Waals surface area contributed by atoms with E-state index in [4.69, 9.17) is 14.0 Å². The summed E-state index contributed by atoms with van der Waals surface area (Å²) >= 11 is 0. The van der Waals surface area contributed by atoms with Crippen LogP contribution in [-0.2, 0) is 11.3 Å². The Bertz CT molecular complexity index is 861. The molecule has 0 spiro atoms. The maximum atomic E-state index is 5.90. The van der Waals surface area contributed by atoms with Crippen molar-refractivity contribution in [2.45, 2.75) is 19.6 Å². The lowest BCUT2D eigenvalue weighted by molar-refractivity contribution is -0.0794. The van der Waals surface area contributed by atoms with Crippen molar-refractivity contribution in [3.8, 4) is 17.2 Å². The van der Waals surface area contributed by atoms with Gasteiger partial charge in [0.05, 0.1) is 31.0 Å². The second-order valence-electron chi connectivity index (χ2n) is 5.89. The highest BCUT2D eigenvalue weighted by Crippen LogP contribution is 2.27. The van der Waals surface area contributed by atoms with E-state index in [-0.39, 0.29) is 6.10 Å². The fraction of sp³-hybridized carbons (Fsp3) is 0.278. The molecule has 0 atom stereocenters. The molecule has 1 aliphatic rings. The molecule has 0 radical (unpaired) electrons. The van der Waals surface area contributed by atoms with Gasteiger partial charge in [-0.2, -0.15) is 4.98 Å². The number of para-hydroxylation sites is 2. The van der Waals surface area contributed by atoms with E-state index in [2.05, 4.69) is 20.4 Å². The Labute approximate surface area is 145 Å². The van der Waals surface area contributed by atoms with Gasteiger partial charge in [-0.25, -0.2) is 0 Å². The van der Waals surface area contributed by atoms with Crippen molar-refractivity contribution >= 4 is 5.69 Å². The standard InChI is InChI=1S/C18H18N4O3/c1-12-6-13(8-19-7-12)18-21-17(22-25-18)9-20-15-4-2-3-5-16(15)24-14-10-23-11-14/h2-8,14,20H,9-11H2,1H3. The van der Waals surface area contributed by atoms with Crippen LogP contribution in [0.3, 0.4) is 0 Å². The summed E-state index contributed by atoms with van der Waals surface area (Å²) in [5.74, 6) is 1.82. The zero-order valence-corrected chi connectivity index (χ0v) is 13.8. The molecule has 1 aliphatic heterocycles. The van der Waals surface area contributed by atoms with Crippen molar-refractivity contribution in [3.05, 3.63) is 54.1 Å². The maximum absolute atomic E-state index is 5.90. The van der Waals surface area contributed by atoms with Crippen LogP contribution in [0.1, 0.15) is 11.4 Å². The average molecular weight is 338 g/mol. The third kappa shape index (κ3) is 3.61.